The molecule has 4 heterocycles. The van der Waals surface area contributed by atoms with Crippen LogP contribution in [0.4, 0.5) is 17.2 Å². The normalized spacial score (nSPS) is 14.5. The van der Waals surface area contributed by atoms with E-state index in [4.69, 9.17) is 4.74 Å². The van der Waals surface area contributed by atoms with Crippen LogP contribution in [0.2, 0.25) is 0 Å². The van der Waals surface area contributed by atoms with E-state index in [2.05, 4.69) is 35.7 Å². The lowest BCUT2D eigenvalue weighted by Crippen LogP contribution is -2.35. The summed E-state index contributed by atoms with van der Waals surface area (Å²) in [5, 5.41) is 16.0. The van der Waals surface area contributed by atoms with Crippen LogP contribution in [0.25, 0.3) is 10.2 Å². The van der Waals surface area contributed by atoms with Gasteiger partial charge in [-0.1, -0.05) is 12.1 Å². The number of anilines is 3. The van der Waals surface area contributed by atoms with E-state index in [0.29, 0.717) is 17.2 Å². The topological polar surface area (TPSA) is 108 Å². The number of aromatic amines is 1. The Labute approximate surface area is 188 Å². The number of nitrogens with one attached hydrogen (secondary N) is 3. The average molecular weight is 450 g/mol. The molecule has 1 saturated heterocycles. The molecule has 0 spiro atoms. The van der Waals surface area contributed by atoms with Crippen LogP contribution >= 0.6 is 11.3 Å². The maximum atomic E-state index is 12.9. The lowest BCUT2D eigenvalue weighted by Gasteiger charge is -2.26. The summed E-state index contributed by atoms with van der Waals surface area (Å²) in [4.78, 5) is 24.8. The molecule has 1 aromatic carbocycles. The first kappa shape index (κ1) is 20.6. The zero-order valence-electron chi connectivity index (χ0n) is 17.6. The summed E-state index contributed by atoms with van der Waals surface area (Å²) in [6.07, 6.45) is 3.09. The molecule has 32 heavy (non-hydrogen) atoms. The molecule has 0 bridgehead atoms. The zero-order valence-corrected chi connectivity index (χ0v) is 18.4. The molecule has 1 amide bonds. The molecule has 164 valence electrons. The highest BCUT2D eigenvalue weighted by Crippen LogP contribution is 2.31. The second-order valence-electron chi connectivity index (χ2n) is 7.64. The number of hydrogen-bond donors (Lipinski definition) is 3. The van der Waals surface area contributed by atoms with Gasteiger partial charge in [-0.2, -0.15) is 5.10 Å². The van der Waals surface area contributed by atoms with Crippen molar-refractivity contribution in [3.8, 4) is 0 Å². The van der Waals surface area contributed by atoms with E-state index < -0.39 is 0 Å². The third-order valence-corrected chi connectivity index (χ3v) is 6.40. The maximum absolute atomic E-state index is 12.9. The molecule has 4 aromatic rings. The van der Waals surface area contributed by atoms with Crippen LogP contribution in [0, 0.1) is 6.92 Å². The van der Waals surface area contributed by atoms with Crippen molar-refractivity contribution < 1.29 is 9.53 Å². The highest BCUT2D eigenvalue weighted by Gasteiger charge is 2.17. The molecule has 0 atom stereocenters. The minimum Gasteiger partial charge on any atom is -0.379 e. The summed E-state index contributed by atoms with van der Waals surface area (Å²) >= 11 is 1.56. The van der Waals surface area contributed by atoms with Crippen molar-refractivity contribution in [3.05, 3.63) is 59.0 Å². The maximum Gasteiger partial charge on any atom is 0.275 e. The molecule has 0 saturated carbocycles. The van der Waals surface area contributed by atoms with Gasteiger partial charge in [0.15, 0.2) is 0 Å². The molecular formula is C22H23N7O2S. The number of ether oxygens (including phenoxy) is 1. The molecule has 1 aliphatic heterocycles. The molecule has 3 aromatic heterocycles. The van der Waals surface area contributed by atoms with Crippen LogP contribution in [0.5, 0.6) is 0 Å². The van der Waals surface area contributed by atoms with E-state index in [-0.39, 0.29) is 5.91 Å². The number of morpholine rings is 1. The fourth-order valence-electron chi connectivity index (χ4n) is 3.70. The number of hydrogen-bond acceptors (Lipinski definition) is 8. The fourth-order valence-corrected chi connectivity index (χ4v) is 4.59. The van der Waals surface area contributed by atoms with Gasteiger partial charge in [-0.3, -0.25) is 14.8 Å². The Bertz CT molecular complexity index is 1230. The van der Waals surface area contributed by atoms with Crippen molar-refractivity contribution in [1.29, 1.82) is 0 Å². The zero-order chi connectivity index (χ0) is 21.9. The Morgan fingerprint density at radius 3 is 2.84 bits per heavy atom. The molecule has 1 fully saturated rings. The number of benzene rings is 1. The molecular weight excluding hydrogens is 426 g/mol. The van der Waals surface area contributed by atoms with Gasteiger partial charge in [-0.05, 0) is 35.6 Å². The highest BCUT2D eigenvalue weighted by molar-refractivity contribution is 7.17. The third-order valence-electron chi connectivity index (χ3n) is 5.40. The van der Waals surface area contributed by atoms with Gasteiger partial charge in [-0.15, -0.1) is 11.3 Å². The summed E-state index contributed by atoms with van der Waals surface area (Å²) in [6, 6.07) is 7.90. The molecule has 1 aliphatic rings. The number of aryl methyl sites for hydroxylation is 1. The summed E-state index contributed by atoms with van der Waals surface area (Å²) < 4.78 is 5.40. The number of amides is 1. The van der Waals surface area contributed by atoms with Gasteiger partial charge in [0.2, 0.25) is 0 Å². The van der Waals surface area contributed by atoms with Crippen molar-refractivity contribution in [2.75, 3.05) is 36.9 Å². The first-order valence-corrected chi connectivity index (χ1v) is 11.2. The molecule has 0 radical (unpaired) electrons. The molecule has 9 nitrogen and oxygen atoms in total. The lowest BCUT2D eigenvalue weighted by atomic mass is 10.2. The third kappa shape index (κ3) is 4.33. The highest BCUT2D eigenvalue weighted by atomic mass is 32.1. The number of aromatic nitrogens is 4. The minimum atomic E-state index is -0.279. The van der Waals surface area contributed by atoms with Gasteiger partial charge in [0.1, 0.15) is 22.7 Å². The van der Waals surface area contributed by atoms with E-state index in [1.54, 1.807) is 17.5 Å². The Morgan fingerprint density at radius 2 is 2.03 bits per heavy atom. The van der Waals surface area contributed by atoms with Crippen LogP contribution in [-0.2, 0) is 11.3 Å². The first-order valence-electron chi connectivity index (χ1n) is 10.4. The monoisotopic (exact) mass is 449 g/mol. The second-order valence-corrected chi connectivity index (χ2v) is 8.50. The van der Waals surface area contributed by atoms with Crippen molar-refractivity contribution in [1.82, 2.24) is 25.1 Å². The molecule has 5 rings (SSSR count). The van der Waals surface area contributed by atoms with Crippen molar-refractivity contribution in [2.24, 2.45) is 0 Å². The second kappa shape index (κ2) is 9.03. The van der Waals surface area contributed by atoms with Crippen molar-refractivity contribution in [2.45, 2.75) is 13.5 Å². The SMILES string of the molecule is Cc1csc2ncnc(Nc3cn[nH]c3C(=O)Nc3ccc(CN4CCOCC4)cc3)c12. The number of rotatable bonds is 6. The largest absolute Gasteiger partial charge is 0.379 e. The average Bonchev–Trinajstić information content (AvgIpc) is 3.43. The van der Waals surface area contributed by atoms with Gasteiger partial charge in [-0.25, -0.2) is 9.97 Å². The number of nitrogens with zero attached hydrogens (tertiary/aromatic N) is 4. The van der Waals surface area contributed by atoms with Crippen LogP contribution in [0.1, 0.15) is 21.6 Å². The number of thiophene rings is 1. The Balaban J connectivity index is 1.27. The van der Waals surface area contributed by atoms with Crippen molar-refractivity contribution >= 4 is 44.7 Å². The summed E-state index contributed by atoms with van der Waals surface area (Å²) in [5.74, 6) is 0.370. The van der Waals surface area contributed by atoms with E-state index in [0.717, 1.165) is 54.3 Å². The first-order chi connectivity index (χ1) is 15.7. The van der Waals surface area contributed by atoms with Gasteiger partial charge >= 0.3 is 0 Å². The summed E-state index contributed by atoms with van der Waals surface area (Å²) in [5.41, 5.74) is 3.89. The van der Waals surface area contributed by atoms with Crippen LogP contribution in [0.3, 0.4) is 0 Å². The van der Waals surface area contributed by atoms with Crippen molar-refractivity contribution in [3.63, 3.8) is 0 Å². The quantitative estimate of drug-likeness (QED) is 0.413. The number of carbonyl (C=O) groups is 1. The molecule has 0 aliphatic carbocycles. The summed E-state index contributed by atoms with van der Waals surface area (Å²) in [6.45, 7) is 6.33. The molecule has 3 N–H and O–H groups in total. The Hall–Kier alpha value is -3.34. The Morgan fingerprint density at radius 1 is 1.22 bits per heavy atom. The van der Waals surface area contributed by atoms with Crippen LogP contribution in [-0.4, -0.2) is 57.3 Å². The fraction of sp³-hybridized carbons (Fsp3) is 0.273. The number of fused-ring (bicyclic) bond motifs is 1. The van der Waals surface area contributed by atoms with E-state index >= 15 is 0 Å². The van der Waals surface area contributed by atoms with E-state index in [9.17, 15) is 4.79 Å². The smallest absolute Gasteiger partial charge is 0.275 e. The van der Waals surface area contributed by atoms with E-state index in [1.807, 2.05) is 36.6 Å². The van der Waals surface area contributed by atoms with Crippen LogP contribution < -0.4 is 10.6 Å². The predicted molar refractivity (Wildman–Crippen MR) is 125 cm³/mol. The van der Waals surface area contributed by atoms with Gasteiger partial charge in [0.25, 0.3) is 5.91 Å². The molecule has 0 unspecified atom stereocenters. The minimum absolute atomic E-state index is 0.279. The van der Waals surface area contributed by atoms with Gasteiger partial charge < -0.3 is 15.4 Å². The van der Waals surface area contributed by atoms with Crippen LogP contribution in [0.15, 0.2) is 42.2 Å². The van der Waals surface area contributed by atoms with Gasteiger partial charge in [0.05, 0.1) is 30.5 Å². The standard InChI is InChI=1S/C22H23N7O2S/c1-14-12-32-22-18(14)20(23-13-24-22)27-17-10-25-28-19(17)21(30)26-16-4-2-15(3-5-16)11-29-6-8-31-9-7-29/h2-5,10,12-13H,6-9,11H2,1H3,(H,25,28)(H,26,30)(H,23,24,27). The predicted octanol–water partition coefficient (Wildman–Crippen LogP) is 3.55. The van der Waals surface area contributed by atoms with E-state index in [1.165, 1.54) is 11.9 Å². The summed E-state index contributed by atoms with van der Waals surface area (Å²) in [7, 11) is 0. The Kier molecular flexibility index (Phi) is 5.80. The molecule has 10 heteroatoms. The number of carbonyl (C=O) groups excluding carboxylic acids is 1. The van der Waals surface area contributed by atoms with Gasteiger partial charge in [0, 0.05) is 25.3 Å². The lowest BCUT2D eigenvalue weighted by molar-refractivity contribution is 0.0342. The number of H-pyrrole nitrogens is 1.